The van der Waals surface area contributed by atoms with Crippen molar-refractivity contribution in [2.45, 2.75) is 38.8 Å². The van der Waals surface area contributed by atoms with Gasteiger partial charge in [-0.25, -0.2) is 0 Å². The van der Waals surface area contributed by atoms with E-state index in [1.54, 1.807) is 0 Å². The van der Waals surface area contributed by atoms with Gasteiger partial charge >= 0.3 is 0 Å². The first-order valence-electron chi connectivity index (χ1n) is 8.28. The molecule has 0 fully saturated rings. The summed E-state index contributed by atoms with van der Waals surface area (Å²) in [6.45, 7) is 7.31. The van der Waals surface area contributed by atoms with E-state index in [1.165, 1.54) is 11.3 Å². The van der Waals surface area contributed by atoms with E-state index in [0.717, 1.165) is 24.4 Å². The molecule has 3 rings (SSSR count). The molecule has 0 bridgehead atoms. The largest absolute Gasteiger partial charge is 0.484 e. The molecule has 3 nitrogen and oxygen atoms in total. The van der Waals surface area contributed by atoms with Gasteiger partial charge in [0.1, 0.15) is 11.4 Å². The number of rotatable bonds is 4. The van der Waals surface area contributed by atoms with Gasteiger partial charge in [-0.3, -0.25) is 0 Å². The number of anilines is 2. The lowest BCUT2D eigenvalue weighted by molar-refractivity contribution is 0.116. The highest BCUT2D eigenvalue weighted by Crippen LogP contribution is 2.33. The minimum atomic E-state index is -0.144. The van der Waals surface area contributed by atoms with Crippen LogP contribution in [0, 0.1) is 0 Å². The van der Waals surface area contributed by atoms with Crippen LogP contribution in [0.25, 0.3) is 0 Å². The summed E-state index contributed by atoms with van der Waals surface area (Å²) in [5.74, 6) is 0.953. The van der Waals surface area contributed by atoms with Crippen LogP contribution < -0.4 is 15.0 Å². The van der Waals surface area contributed by atoms with Gasteiger partial charge in [-0.1, -0.05) is 24.3 Å². The fourth-order valence-corrected chi connectivity index (χ4v) is 2.97. The summed E-state index contributed by atoms with van der Waals surface area (Å²) in [5.41, 5.74) is 3.54. The first kappa shape index (κ1) is 15.7. The van der Waals surface area contributed by atoms with Gasteiger partial charge < -0.3 is 15.0 Å². The Labute approximate surface area is 139 Å². The van der Waals surface area contributed by atoms with Gasteiger partial charge in [-0.2, -0.15) is 0 Å². The van der Waals surface area contributed by atoms with E-state index in [0.29, 0.717) is 6.04 Å². The second-order valence-electron chi connectivity index (χ2n) is 7.05. The molecule has 0 amide bonds. The summed E-state index contributed by atoms with van der Waals surface area (Å²) in [5, 5.41) is 3.49. The lowest BCUT2D eigenvalue weighted by atomic mass is 10.0. The maximum absolute atomic E-state index is 6.02. The van der Waals surface area contributed by atoms with E-state index in [-0.39, 0.29) is 5.60 Å². The van der Waals surface area contributed by atoms with Crippen LogP contribution in [0.4, 0.5) is 11.4 Å². The molecule has 1 aliphatic rings. The molecule has 122 valence electrons. The third-order valence-corrected chi connectivity index (χ3v) is 4.49. The molecule has 1 aliphatic heterocycles. The fourth-order valence-electron chi connectivity index (χ4n) is 2.97. The smallest absolute Gasteiger partial charge is 0.143 e. The molecule has 23 heavy (non-hydrogen) atoms. The number of fused-ring (bicyclic) bond motifs is 1. The highest BCUT2D eigenvalue weighted by molar-refractivity contribution is 5.60. The molecule has 1 atom stereocenters. The Bertz CT molecular complexity index is 667. The molecule has 0 radical (unpaired) electrons. The molecule has 2 aromatic rings. The summed E-state index contributed by atoms with van der Waals surface area (Å²) < 4.78 is 6.02. The van der Waals surface area contributed by atoms with Crippen molar-refractivity contribution < 1.29 is 4.74 Å². The van der Waals surface area contributed by atoms with Crippen molar-refractivity contribution in [3.8, 4) is 5.75 Å². The second kappa shape index (κ2) is 6.15. The molecular formula is C20H26N2O. The quantitative estimate of drug-likeness (QED) is 0.909. The molecule has 1 N–H and O–H groups in total. The summed E-state index contributed by atoms with van der Waals surface area (Å²) in [7, 11) is 2.16. The molecule has 1 unspecified atom stereocenters. The first-order valence-corrected chi connectivity index (χ1v) is 8.28. The van der Waals surface area contributed by atoms with Crippen LogP contribution >= 0.6 is 0 Å². The third-order valence-electron chi connectivity index (χ3n) is 4.49. The first-order chi connectivity index (χ1) is 10.9. The number of nitrogens with one attached hydrogen (secondary N) is 1. The van der Waals surface area contributed by atoms with Crippen LogP contribution in [0.15, 0.2) is 48.5 Å². The van der Waals surface area contributed by atoms with Crippen molar-refractivity contribution in [2.75, 3.05) is 23.8 Å². The predicted molar refractivity (Wildman–Crippen MR) is 97.6 cm³/mol. The van der Waals surface area contributed by atoms with Gasteiger partial charge in [0.25, 0.3) is 0 Å². The Balaban J connectivity index is 1.71. The van der Waals surface area contributed by atoms with E-state index >= 15 is 0 Å². The Morgan fingerprint density at radius 1 is 1.17 bits per heavy atom. The van der Waals surface area contributed by atoms with Gasteiger partial charge in [0, 0.05) is 18.8 Å². The van der Waals surface area contributed by atoms with E-state index in [9.17, 15) is 0 Å². The SMILES string of the molecule is CC(Cc1ccc2c(c1)NCC(C)(C)O2)N(C)c1ccccc1. The maximum Gasteiger partial charge on any atom is 0.143 e. The lowest BCUT2D eigenvalue weighted by Gasteiger charge is -2.34. The van der Waals surface area contributed by atoms with Gasteiger partial charge in [0.05, 0.1) is 12.2 Å². The number of benzene rings is 2. The van der Waals surface area contributed by atoms with Crippen LogP contribution in [0.1, 0.15) is 26.3 Å². The third kappa shape index (κ3) is 3.61. The Kier molecular flexibility index (Phi) is 4.20. The monoisotopic (exact) mass is 310 g/mol. The van der Waals surface area contributed by atoms with Gasteiger partial charge in [0.15, 0.2) is 0 Å². The number of likely N-dealkylation sites (N-methyl/N-ethyl adjacent to an activating group) is 1. The molecule has 3 heteroatoms. The van der Waals surface area contributed by atoms with E-state index < -0.39 is 0 Å². The fraction of sp³-hybridized carbons (Fsp3) is 0.400. The summed E-state index contributed by atoms with van der Waals surface area (Å²) in [6.07, 6.45) is 1.00. The molecule has 0 aliphatic carbocycles. The predicted octanol–water partition coefficient (Wildman–Crippen LogP) is 4.34. The molecule has 0 spiro atoms. The van der Waals surface area contributed by atoms with Gasteiger partial charge in [0.2, 0.25) is 0 Å². The standard InChI is InChI=1S/C20H26N2O/c1-15(22(4)17-8-6-5-7-9-17)12-16-10-11-19-18(13-16)21-14-20(2,3)23-19/h5-11,13,15,21H,12,14H2,1-4H3. The van der Waals surface area contributed by atoms with Gasteiger partial charge in [-0.05, 0) is 57.0 Å². The average Bonchev–Trinajstić information content (AvgIpc) is 2.54. The van der Waals surface area contributed by atoms with E-state index in [1.807, 2.05) is 0 Å². The zero-order valence-electron chi connectivity index (χ0n) is 14.5. The van der Waals surface area contributed by atoms with Crippen LogP contribution in [0.3, 0.4) is 0 Å². The van der Waals surface area contributed by atoms with Crippen LogP contribution in [0.2, 0.25) is 0 Å². The maximum atomic E-state index is 6.02. The van der Waals surface area contributed by atoms with Crippen molar-refractivity contribution in [1.29, 1.82) is 0 Å². The van der Waals surface area contributed by atoms with E-state index in [4.69, 9.17) is 4.74 Å². The minimum absolute atomic E-state index is 0.144. The van der Waals surface area contributed by atoms with E-state index in [2.05, 4.69) is 86.6 Å². The molecule has 0 aromatic heterocycles. The normalized spacial score (nSPS) is 16.7. The molecule has 1 heterocycles. The van der Waals surface area contributed by atoms with Crippen molar-refractivity contribution in [2.24, 2.45) is 0 Å². The Hall–Kier alpha value is -2.16. The molecule has 2 aromatic carbocycles. The molecular weight excluding hydrogens is 284 g/mol. The number of hydrogen-bond donors (Lipinski definition) is 1. The molecule has 0 saturated carbocycles. The summed E-state index contributed by atoms with van der Waals surface area (Å²) >= 11 is 0. The highest BCUT2D eigenvalue weighted by atomic mass is 16.5. The van der Waals surface area contributed by atoms with Crippen molar-refractivity contribution in [3.05, 3.63) is 54.1 Å². The van der Waals surface area contributed by atoms with Crippen LogP contribution in [-0.4, -0.2) is 25.2 Å². The zero-order valence-corrected chi connectivity index (χ0v) is 14.5. The number of para-hydroxylation sites is 1. The van der Waals surface area contributed by atoms with Crippen LogP contribution in [-0.2, 0) is 6.42 Å². The Morgan fingerprint density at radius 3 is 2.65 bits per heavy atom. The Morgan fingerprint density at radius 2 is 1.91 bits per heavy atom. The minimum Gasteiger partial charge on any atom is -0.484 e. The number of nitrogens with zero attached hydrogens (tertiary/aromatic N) is 1. The molecule has 0 saturated heterocycles. The summed E-state index contributed by atoms with van der Waals surface area (Å²) in [6, 6.07) is 17.4. The summed E-state index contributed by atoms with van der Waals surface area (Å²) in [4.78, 5) is 2.33. The topological polar surface area (TPSA) is 24.5 Å². The lowest BCUT2D eigenvalue weighted by Crippen LogP contribution is -2.40. The zero-order chi connectivity index (χ0) is 16.4. The van der Waals surface area contributed by atoms with Crippen molar-refractivity contribution in [3.63, 3.8) is 0 Å². The van der Waals surface area contributed by atoms with Crippen molar-refractivity contribution >= 4 is 11.4 Å². The second-order valence-corrected chi connectivity index (χ2v) is 7.05. The van der Waals surface area contributed by atoms with Crippen molar-refractivity contribution in [1.82, 2.24) is 0 Å². The number of hydrogen-bond acceptors (Lipinski definition) is 3. The average molecular weight is 310 g/mol. The van der Waals surface area contributed by atoms with Crippen LogP contribution in [0.5, 0.6) is 5.75 Å². The van der Waals surface area contributed by atoms with Gasteiger partial charge in [-0.15, -0.1) is 0 Å². The number of ether oxygens (including phenoxy) is 1. The highest BCUT2D eigenvalue weighted by Gasteiger charge is 2.26.